The minimum Gasteiger partial charge on any atom is -0.0798 e. The summed E-state index contributed by atoms with van der Waals surface area (Å²) >= 11 is 0. The molecular formula is C25H38. The van der Waals surface area contributed by atoms with Gasteiger partial charge in [0.15, 0.2) is 0 Å². The van der Waals surface area contributed by atoms with E-state index in [-0.39, 0.29) is 10.8 Å². The lowest BCUT2D eigenvalue weighted by molar-refractivity contribution is 0.332. The van der Waals surface area contributed by atoms with Crippen LogP contribution < -0.4 is 0 Å². The largest absolute Gasteiger partial charge is 0.0798 e. The Bertz CT molecular complexity index is 659. The maximum Gasteiger partial charge on any atom is -0.0100 e. The van der Waals surface area contributed by atoms with Crippen LogP contribution in [0.3, 0.4) is 0 Å². The van der Waals surface area contributed by atoms with E-state index in [0.29, 0.717) is 0 Å². The fourth-order valence-electron chi connectivity index (χ4n) is 3.47. The van der Waals surface area contributed by atoms with Crippen LogP contribution in [-0.4, -0.2) is 0 Å². The molecule has 0 heterocycles. The first-order chi connectivity index (χ1) is 11.7. The number of hydrogen-bond donors (Lipinski definition) is 0. The molecular weight excluding hydrogens is 300 g/mol. The Labute approximate surface area is 156 Å². The Balaban J connectivity index is 0.00000151. The summed E-state index contributed by atoms with van der Waals surface area (Å²) < 4.78 is 0. The van der Waals surface area contributed by atoms with Gasteiger partial charge >= 0.3 is 0 Å². The lowest BCUT2D eigenvalue weighted by Crippen LogP contribution is -2.33. The molecule has 0 fully saturated rings. The van der Waals surface area contributed by atoms with E-state index < -0.39 is 0 Å². The molecule has 0 amide bonds. The highest BCUT2D eigenvalue weighted by Crippen LogP contribution is 2.46. The first kappa shape index (κ1) is 21.5. The van der Waals surface area contributed by atoms with Gasteiger partial charge in [0, 0.05) is 0 Å². The molecule has 1 aliphatic carbocycles. The average molecular weight is 339 g/mol. The smallest absolute Gasteiger partial charge is 0.0100 e. The Morgan fingerprint density at radius 2 is 1.48 bits per heavy atom. The number of rotatable bonds is 3. The van der Waals surface area contributed by atoms with Crippen molar-refractivity contribution in [1.29, 1.82) is 0 Å². The van der Waals surface area contributed by atoms with Gasteiger partial charge in [0.05, 0.1) is 0 Å². The van der Waals surface area contributed by atoms with Crippen molar-refractivity contribution in [3.05, 3.63) is 64.8 Å². The lowest BCUT2D eigenvalue weighted by atomic mass is 9.63. The standard InChI is InChI=1S/C23H32.C2H6/c1-8-18(11-9-10-17(2)3)19-12-13-20-21(16-19)23(6,7)15-14-22(20,4)5;1-2/h8-13,16H,14-15H2,1-7H3;1-2H3/b11-9-,18-8-;. The summed E-state index contributed by atoms with van der Waals surface area (Å²) in [7, 11) is 0. The second kappa shape index (κ2) is 8.70. The van der Waals surface area contributed by atoms with E-state index in [2.05, 4.69) is 91.0 Å². The van der Waals surface area contributed by atoms with Crippen molar-refractivity contribution in [2.24, 2.45) is 0 Å². The van der Waals surface area contributed by atoms with Gasteiger partial charge in [-0.05, 0) is 66.7 Å². The first-order valence-corrected chi connectivity index (χ1v) is 9.81. The zero-order valence-electron chi connectivity index (χ0n) is 18.0. The molecule has 1 aromatic rings. The van der Waals surface area contributed by atoms with Gasteiger partial charge in [-0.2, -0.15) is 0 Å². The summed E-state index contributed by atoms with van der Waals surface area (Å²) in [6.07, 6.45) is 11.3. The van der Waals surface area contributed by atoms with Crippen LogP contribution in [0.15, 0.2) is 48.1 Å². The van der Waals surface area contributed by atoms with Crippen LogP contribution in [0.25, 0.3) is 5.57 Å². The molecule has 0 atom stereocenters. The summed E-state index contributed by atoms with van der Waals surface area (Å²) in [6.45, 7) is 19.9. The van der Waals surface area contributed by atoms with Crippen LogP contribution in [0.5, 0.6) is 0 Å². The topological polar surface area (TPSA) is 0 Å². The van der Waals surface area contributed by atoms with Gasteiger partial charge in [-0.3, -0.25) is 0 Å². The minimum absolute atomic E-state index is 0.267. The van der Waals surface area contributed by atoms with E-state index in [1.807, 2.05) is 13.8 Å². The quantitative estimate of drug-likeness (QED) is 0.490. The summed E-state index contributed by atoms with van der Waals surface area (Å²) in [5.74, 6) is 0. The zero-order valence-corrected chi connectivity index (χ0v) is 18.0. The van der Waals surface area contributed by atoms with Crippen molar-refractivity contribution < 1.29 is 0 Å². The second-order valence-electron chi connectivity index (χ2n) is 8.38. The molecule has 0 aromatic heterocycles. The van der Waals surface area contributed by atoms with Gasteiger partial charge in [-0.25, -0.2) is 0 Å². The van der Waals surface area contributed by atoms with Crippen molar-refractivity contribution in [2.75, 3.05) is 0 Å². The third-order valence-corrected chi connectivity index (χ3v) is 5.20. The van der Waals surface area contributed by atoms with Crippen LogP contribution in [0, 0.1) is 0 Å². The SMILES string of the molecule is C/C=C(/C=C\C=C(C)C)c1ccc2c(c1)C(C)(C)CCC2(C)C.CC. The average Bonchev–Trinajstić information content (AvgIpc) is 2.57. The van der Waals surface area contributed by atoms with Gasteiger partial charge in [-0.1, -0.05) is 89.6 Å². The first-order valence-electron chi connectivity index (χ1n) is 9.81. The van der Waals surface area contributed by atoms with Crippen LogP contribution >= 0.6 is 0 Å². The van der Waals surface area contributed by atoms with E-state index in [1.165, 1.54) is 40.7 Å². The van der Waals surface area contributed by atoms with Crippen LogP contribution in [0.4, 0.5) is 0 Å². The molecule has 0 heteroatoms. The summed E-state index contributed by atoms with van der Waals surface area (Å²) in [4.78, 5) is 0. The molecule has 0 saturated carbocycles. The molecule has 0 nitrogen and oxygen atoms in total. The Morgan fingerprint density at radius 3 is 2.00 bits per heavy atom. The number of hydrogen-bond acceptors (Lipinski definition) is 0. The summed E-state index contributed by atoms with van der Waals surface area (Å²) in [6, 6.07) is 7.09. The second-order valence-corrected chi connectivity index (χ2v) is 8.38. The molecule has 0 unspecified atom stereocenters. The molecule has 25 heavy (non-hydrogen) atoms. The van der Waals surface area contributed by atoms with Crippen molar-refractivity contribution in [1.82, 2.24) is 0 Å². The van der Waals surface area contributed by atoms with Gasteiger partial charge < -0.3 is 0 Å². The summed E-state index contributed by atoms with van der Waals surface area (Å²) in [5, 5.41) is 0. The molecule has 0 saturated heterocycles. The fourth-order valence-corrected chi connectivity index (χ4v) is 3.47. The maximum atomic E-state index is 2.43. The lowest BCUT2D eigenvalue weighted by Gasteiger charge is -2.42. The highest BCUT2D eigenvalue weighted by Gasteiger charge is 2.36. The van der Waals surface area contributed by atoms with Crippen molar-refractivity contribution in [2.45, 2.75) is 86.0 Å². The molecule has 0 bridgehead atoms. The molecule has 1 aliphatic rings. The van der Waals surface area contributed by atoms with Gasteiger partial charge in [0.25, 0.3) is 0 Å². The molecule has 0 spiro atoms. The number of allylic oxidation sites excluding steroid dienone is 6. The zero-order chi connectivity index (χ0) is 19.3. The highest BCUT2D eigenvalue weighted by molar-refractivity contribution is 5.75. The maximum absolute atomic E-state index is 2.43. The van der Waals surface area contributed by atoms with E-state index >= 15 is 0 Å². The van der Waals surface area contributed by atoms with E-state index in [4.69, 9.17) is 0 Å². The normalized spacial score (nSPS) is 18.2. The predicted molar refractivity (Wildman–Crippen MR) is 115 cm³/mol. The Hall–Kier alpha value is -1.56. The molecule has 1 aromatic carbocycles. The van der Waals surface area contributed by atoms with Crippen molar-refractivity contribution in [3.8, 4) is 0 Å². The van der Waals surface area contributed by atoms with Crippen LogP contribution in [0.1, 0.15) is 91.8 Å². The van der Waals surface area contributed by atoms with E-state index in [9.17, 15) is 0 Å². The number of fused-ring (bicyclic) bond motifs is 1. The Morgan fingerprint density at radius 1 is 0.920 bits per heavy atom. The molecule has 0 aliphatic heterocycles. The molecule has 2 rings (SSSR count). The molecule has 138 valence electrons. The third-order valence-electron chi connectivity index (χ3n) is 5.20. The third kappa shape index (κ3) is 5.21. The number of benzene rings is 1. The minimum atomic E-state index is 0.267. The molecule has 0 radical (unpaired) electrons. The highest BCUT2D eigenvalue weighted by atomic mass is 14.4. The van der Waals surface area contributed by atoms with E-state index in [1.54, 1.807) is 0 Å². The Kier molecular flexibility index (Phi) is 7.47. The van der Waals surface area contributed by atoms with E-state index in [0.717, 1.165) is 0 Å². The fraction of sp³-hybridized carbons (Fsp3) is 0.520. The van der Waals surface area contributed by atoms with Gasteiger partial charge in [-0.15, -0.1) is 0 Å². The van der Waals surface area contributed by atoms with Crippen LogP contribution in [-0.2, 0) is 10.8 Å². The van der Waals surface area contributed by atoms with Gasteiger partial charge in [0.1, 0.15) is 0 Å². The van der Waals surface area contributed by atoms with Gasteiger partial charge in [0.2, 0.25) is 0 Å². The molecule has 0 N–H and O–H groups in total. The monoisotopic (exact) mass is 338 g/mol. The summed E-state index contributed by atoms with van der Waals surface area (Å²) in [5.41, 5.74) is 7.56. The van der Waals surface area contributed by atoms with Crippen molar-refractivity contribution >= 4 is 5.57 Å². The predicted octanol–water partition coefficient (Wildman–Crippen LogP) is 7.99. The van der Waals surface area contributed by atoms with Crippen molar-refractivity contribution in [3.63, 3.8) is 0 Å². The van der Waals surface area contributed by atoms with Crippen LogP contribution in [0.2, 0.25) is 0 Å².